The van der Waals surface area contributed by atoms with E-state index in [1.807, 2.05) is 31.3 Å². The molecule has 0 amide bonds. The molecule has 0 spiro atoms. The summed E-state index contributed by atoms with van der Waals surface area (Å²) >= 11 is 17.3. The zero-order chi connectivity index (χ0) is 14.7. The number of rotatable bonds is 1. The Kier molecular flexibility index (Phi) is 3.15. The van der Waals surface area contributed by atoms with Gasteiger partial charge in [-0.1, -0.05) is 11.6 Å². The van der Waals surface area contributed by atoms with Crippen molar-refractivity contribution in [1.29, 1.82) is 0 Å². The second-order valence-electron chi connectivity index (χ2n) is 5.04. The third kappa shape index (κ3) is 1.84. The molecule has 1 unspecified atom stereocenters. The van der Waals surface area contributed by atoms with Crippen LogP contribution in [0.3, 0.4) is 0 Å². The van der Waals surface area contributed by atoms with Crippen molar-refractivity contribution in [3.63, 3.8) is 0 Å². The van der Waals surface area contributed by atoms with E-state index in [-0.39, 0.29) is 10.9 Å². The quantitative estimate of drug-likeness (QED) is 0.712. The Morgan fingerprint density at radius 1 is 1.05 bits per heavy atom. The summed E-state index contributed by atoms with van der Waals surface area (Å²) in [6.45, 7) is 1.95. The summed E-state index contributed by atoms with van der Waals surface area (Å²) in [7, 11) is 1.78. The molecule has 4 rings (SSSR count). The molecule has 1 atom stereocenters. The van der Waals surface area contributed by atoms with Gasteiger partial charge in [0.15, 0.2) is 15.3 Å². The van der Waals surface area contributed by atoms with Crippen LogP contribution >= 0.6 is 46.9 Å². The van der Waals surface area contributed by atoms with Gasteiger partial charge in [-0.25, -0.2) is 4.31 Å². The van der Waals surface area contributed by atoms with Crippen molar-refractivity contribution in [3.8, 4) is 0 Å². The maximum atomic E-state index is 6.00. The van der Waals surface area contributed by atoms with Gasteiger partial charge in [0.1, 0.15) is 0 Å². The van der Waals surface area contributed by atoms with Crippen LogP contribution < -0.4 is 4.31 Å². The molecule has 3 aliphatic rings. The SMILES string of the molecule is CN1C(=S)N2CCCN3C(=S)N(c4ccc(Cl)cc4)S1=C23. The van der Waals surface area contributed by atoms with Gasteiger partial charge in [-0.2, -0.15) is 0 Å². The second-order valence-corrected chi connectivity index (χ2v) is 8.01. The largest absolute Gasteiger partial charge is 0.296 e. The van der Waals surface area contributed by atoms with Crippen molar-refractivity contribution in [2.75, 3.05) is 24.4 Å². The third-order valence-electron chi connectivity index (χ3n) is 3.79. The van der Waals surface area contributed by atoms with Gasteiger partial charge in [-0.3, -0.25) is 14.1 Å². The smallest absolute Gasteiger partial charge is 0.193 e. The standard InChI is InChI=1S/C13H13ClN4S3/c1-15-11(19)16-7-2-8-17-12(20)18(21(15)13(16)17)10-5-3-9(14)4-6-10/h3-6H,2,7-8H2,1H3. The fraction of sp³-hybridized carbons (Fsp3) is 0.308. The first-order valence-corrected chi connectivity index (χ1v) is 8.97. The number of halogens is 1. The Balaban J connectivity index is 1.85. The van der Waals surface area contributed by atoms with E-state index in [0.717, 1.165) is 40.4 Å². The molecule has 21 heavy (non-hydrogen) atoms. The van der Waals surface area contributed by atoms with Gasteiger partial charge in [-0.05, 0) is 55.1 Å². The van der Waals surface area contributed by atoms with E-state index in [1.54, 1.807) is 0 Å². The molecule has 1 saturated heterocycles. The fourth-order valence-corrected chi connectivity index (χ4v) is 6.16. The molecule has 0 radical (unpaired) electrons. The molecule has 1 aromatic carbocycles. The van der Waals surface area contributed by atoms with Crippen LogP contribution in [-0.4, -0.2) is 49.6 Å². The van der Waals surface area contributed by atoms with Crippen LogP contribution in [-0.2, 0) is 0 Å². The van der Waals surface area contributed by atoms with Crippen molar-refractivity contribution in [3.05, 3.63) is 29.3 Å². The predicted octanol–water partition coefficient (Wildman–Crippen LogP) is 2.87. The van der Waals surface area contributed by atoms with Crippen molar-refractivity contribution in [1.82, 2.24) is 14.1 Å². The lowest BCUT2D eigenvalue weighted by atomic mass is 10.3. The highest BCUT2D eigenvalue weighted by molar-refractivity contribution is 8.18. The summed E-state index contributed by atoms with van der Waals surface area (Å²) in [6.07, 6.45) is 1.07. The zero-order valence-electron chi connectivity index (χ0n) is 11.3. The van der Waals surface area contributed by atoms with Crippen LogP contribution in [0, 0.1) is 0 Å². The minimum absolute atomic E-state index is 0.267. The first-order valence-electron chi connectivity index (χ1n) is 6.63. The van der Waals surface area contributed by atoms with Crippen LogP contribution in [0.5, 0.6) is 0 Å². The van der Waals surface area contributed by atoms with E-state index < -0.39 is 0 Å². The third-order valence-corrected chi connectivity index (χ3v) is 7.36. The Hall–Kier alpha value is -0.890. The highest BCUT2D eigenvalue weighted by Gasteiger charge is 2.47. The maximum Gasteiger partial charge on any atom is 0.193 e. The van der Waals surface area contributed by atoms with Gasteiger partial charge in [0.2, 0.25) is 0 Å². The van der Waals surface area contributed by atoms with E-state index in [4.69, 9.17) is 36.0 Å². The zero-order valence-corrected chi connectivity index (χ0v) is 14.5. The van der Waals surface area contributed by atoms with Gasteiger partial charge < -0.3 is 0 Å². The van der Waals surface area contributed by atoms with E-state index in [2.05, 4.69) is 18.4 Å². The summed E-state index contributed by atoms with van der Waals surface area (Å²) in [5.74, 6) is 0. The van der Waals surface area contributed by atoms with E-state index >= 15 is 0 Å². The number of benzene rings is 1. The van der Waals surface area contributed by atoms with Gasteiger partial charge in [0.05, 0.1) is 16.5 Å². The van der Waals surface area contributed by atoms with Crippen molar-refractivity contribution < 1.29 is 0 Å². The molecule has 1 aromatic rings. The lowest BCUT2D eigenvalue weighted by Gasteiger charge is -2.36. The Morgan fingerprint density at radius 2 is 1.67 bits per heavy atom. The molecule has 8 heteroatoms. The van der Waals surface area contributed by atoms with Crippen molar-refractivity contribution >= 4 is 67.9 Å². The van der Waals surface area contributed by atoms with Gasteiger partial charge in [0, 0.05) is 25.2 Å². The average molecular weight is 357 g/mol. The summed E-state index contributed by atoms with van der Waals surface area (Å²) < 4.78 is 4.34. The first-order chi connectivity index (χ1) is 10.1. The van der Waals surface area contributed by atoms with E-state index in [0.29, 0.717) is 0 Å². The van der Waals surface area contributed by atoms with E-state index in [1.165, 1.54) is 5.11 Å². The average Bonchev–Trinajstić information content (AvgIpc) is 2.92. The molecule has 0 aliphatic carbocycles. The highest BCUT2D eigenvalue weighted by atomic mass is 35.5. The number of anilines is 1. The van der Waals surface area contributed by atoms with Gasteiger partial charge in [0.25, 0.3) is 0 Å². The monoisotopic (exact) mass is 356 g/mol. The minimum atomic E-state index is -0.267. The number of hydrogen-bond donors (Lipinski definition) is 0. The van der Waals surface area contributed by atoms with Gasteiger partial charge >= 0.3 is 0 Å². The molecule has 4 nitrogen and oxygen atoms in total. The molecule has 0 bridgehead atoms. The van der Waals surface area contributed by atoms with Crippen LogP contribution in [0.4, 0.5) is 5.69 Å². The van der Waals surface area contributed by atoms with Crippen molar-refractivity contribution in [2.45, 2.75) is 6.42 Å². The molecule has 1 fully saturated rings. The number of hydrogen-bond acceptors (Lipinski definition) is 2. The number of nitrogens with zero attached hydrogens (tertiary/aromatic N) is 4. The molecule has 110 valence electrons. The van der Waals surface area contributed by atoms with Crippen LogP contribution in [0.1, 0.15) is 6.42 Å². The molecule has 3 heterocycles. The first kappa shape index (κ1) is 13.8. The topological polar surface area (TPSA) is 13.0 Å². The summed E-state index contributed by atoms with van der Waals surface area (Å²) in [4.78, 5) is 4.45. The van der Waals surface area contributed by atoms with Crippen LogP contribution in [0.2, 0.25) is 5.02 Å². The maximum absolute atomic E-state index is 6.00. The Morgan fingerprint density at radius 3 is 2.33 bits per heavy atom. The van der Waals surface area contributed by atoms with E-state index in [9.17, 15) is 0 Å². The number of thiocarbonyl (C=S) groups is 2. The Labute approximate surface area is 142 Å². The summed E-state index contributed by atoms with van der Waals surface area (Å²) in [5.41, 5.74) is 1.06. The summed E-state index contributed by atoms with van der Waals surface area (Å²) in [5, 5.41) is 3.71. The van der Waals surface area contributed by atoms with Crippen LogP contribution in [0.25, 0.3) is 0 Å². The Bertz CT molecular complexity index is 687. The normalized spacial score (nSPS) is 24.3. The summed E-state index contributed by atoms with van der Waals surface area (Å²) in [6, 6.07) is 7.83. The molecule has 3 aliphatic heterocycles. The van der Waals surface area contributed by atoms with Gasteiger partial charge in [-0.15, -0.1) is 0 Å². The highest BCUT2D eigenvalue weighted by Crippen LogP contribution is 2.45. The second kappa shape index (κ2) is 4.81. The van der Waals surface area contributed by atoms with Crippen LogP contribution in [0.15, 0.2) is 24.3 Å². The fourth-order valence-electron chi connectivity index (χ4n) is 2.82. The minimum Gasteiger partial charge on any atom is -0.296 e. The molecular formula is C13H13ClN4S3. The lowest BCUT2D eigenvalue weighted by Crippen LogP contribution is -2.52. The molecule has 0 saturated carbocycles. The lowest BCUT2D eigenvalue weighted by molar-refractivity contribution is 0.414. The van der Waals surface area contributed by atoms with Crippen molar-refractivity contribution in [2.24, 2.45) is 0 Å². The molecule has 0 aromatic heterocycles. The molecule has 0 N–H and O–H groups in total. The molecular weight excluding hydrogens is 344 g/mol. The predicted molar refractivity (Wildman–Crippen MR) is 97.5 cm³/mol.